The Morgan fingerprint density at radius 3 is 1.07 bits per heavy atom. The van der Waals surface area contributed by atoms with Crippen molar-refractivity contribution in [1.29, 1.82) is 0 Å². The topological polar surface area (TPSA) is 44.0 Å². The third-order valence-corrected chi connectivity index (χ3v) is 7.95. The summed E-state index contributed by atoms with van der Waals surface area (Å²) in [7, 11) is 0. The molecule has 4 nitrogen and oxygen atoms in total. The van der Waals surface area contributed by atoms with E-state index in [4.69, 9.17) is 0 Å². The summed E-state index contributed by atoms with van der Waals surface area (Å²) in [4.78, 5) is 28.1. The molecule has 0 saturated heterocycles. The van der Waals surface area contributed by atoms with Crippen molar-refractivity contribution in [2.45, 2.75) is 27.7 Å². The number of aryl methyl sites for hydroxylation is 4. The second kappa shape index (κ2) is 8.78. The lowest BCUT2D eigenvalue weighted by molar-refractivity contribution is 1.14. The summed E-state index contributed by atoms with van der Waals surface area (Å²) in [6, 6.07) is 32.3. The van der Waals surface area contributed by atoms with Crippen molar-refractivity contribution in [2.24, 2.45) is 0 Å². The first kappa shape index (κ1) is 24.1. The quantitative estimate of drug-likeness (QED) is 0.218. The van der Waals surface area contributed by atoms with Crippen LogP contribution in [0, 0.1) is 27.7 Å². The van der Waals surface area contributed by atoms with Crippen LogP contribution in [0.15, 0.2) is 107 Å². The van der Waals surface area contributed by atoms with E-state index >= 15 is 0 Å². The Bertz CT molecular complexity index is 2110. The zero-order valence-corrected chi connectivity index (χ0v) is 22.9. The molecule has 0 saturated carbocycles. The van der Waals surface area contributed by atoms with Gasteiger partial charge >= 0.3 is 0 Å². The molecule has 0 aliphatic rings. The van der Waals surface area contributed by atoms with E-state index in [1.807, 2.05) is 62.4 Å². The van der Waals surface area contributed by atoms with Gasteiger partial charge in [-0.3, -0.25) is 9.59 Å². The van der Waals surface area contributed by atoms with Crippen molar-refractivity contribution < 1.29 is 0 Å². The first-order valence-corrected chi connectivity index (χ1v) is 13.5. The lowest BCUT2D eigenvalue weighted by Crippen LogP contribution is -2.15. The molecule has 2 aromatic heterocycles. The van der Waals surface area contributed by atoms with Gasteiger partial charge in [0, 0.05) is 32.9 Å². The molecule has 194 valence electrons. The summed E-state index contributed by atoms with van der Waals surface area (Å²) >= 11 is 0. The molecule has 0 radical (unpaired) electrons. The molecule has 0 bridgehead atoms. The molecule has 0 N–H and O–H groups in total. The van der Waals surface area contributed by atoms with E-state index in [-0.39, 0.29) is 10.9 Å². The largest absolute Gasteiger partial charge is 0.309 e. The van der Waals surface area contributed by atoms with Crippen molar-refractivity contribution in [3.63, 3.8) is 0 Å². The highest BCUT2D eigenvalue weighted by atomic mass is 16.1. The van der Waals surface area contributed by atoms with Crippen LogP contribution in [0.3, 0.4) is 0 Å². The number of aromatic nitrogens is 2. The predicted molar refractivity (Wildman–Crippen MR) is 167 cm³/mol. The monoisotopic (exact) mass is 520 g/mol. The van der Waals surface area contributed by atoms with E-state index in [0.29, 0.717) is 21.5 Å². The Kier molecular flexibility index (Phi) is 5.29. The van der Waals surface area contributed by atoms with Crippen LogP contribution in [0.5, 0.6) is 0 Å². The van der Waals surface area contributed by atoms with Crippen LogP contribution in [-0.2, 0) is 0 Å². The van der Waals surface area contributed by atoms with Gasteiger partial charge in [0.15, 0.2) is 10.9 Å². The van der Waals surface area contributed by atoms with Crippen molar-refractivity contribution >= 4 is 43.6 Å². The molecule has 0 fully saturated rings. The van der Waals surface area contributed by atoms with Crippen molar-refractivity contribution in [3.8, 4) is 11.4 Å². The number of pyridine rings is 2. The number of hydrogen-bond acceptors (Lipinski definition) is 2. The zero-order chi connectivity index (χ0) is 27.7. The zero-order valence-electron chi connectivity index (χ0n) is 22.9. The first-order valence-electron chi connectivity index (χ1n) is 13.5. The number of nitrogens with zero attached hydrogens (tertiary/aromatic N) is 2. The van der Waals surface area contributed by atoms with Crippen LogP contribution >= 0.6 is 0 Å². The van der Waals surface area contributed by atoms with Gasteiger partial charge in [-0.1, -0.05) is 47.5 Å². The molecular weight excluding hydrogens is 492 g/mol. The molecule has 0 spiro atoms. The third kappa shape index (κ3) is 3.60. The predicted octanol–water partition coefficient (Wildman–Crippen LogP) is 7.83. The second-order valence-corrected chi connectivity index (χ2v) is 10.9. The summed E-state index contributed by atoms with van der Waals surface area (Å²) in [5.41, 5.74) is 9.35. The van der Waals surface area contributed by atoms with Gasteiger partial charge in [-0.15, -0.1) is 0 Å². The van der Waals surface area contributed by atoms with E-state index in [9.17, 15) is 9.59 Å². The molecule has 0 unspecified atom stereocenters. The summed E-state index contributed by atoms with van der Waals surface area (Å²) in [6.07, 6.45) is 0. The average molecular weight is 521 g/mol. The fourth-order valence-electron chi connectivity index (χ4n) is 5.84. The maximum absolute atomic E-state index is 14.1. The number of rotatable bonds is 2. The minimum absolute atomic E-state index is 0.0393. The maximum Gasteiger partial charge on any atom is 0.197 e. The number of fused-ring (bicyclic) bond motifs is 4. The number of benzene rings is 5. The van der Waals surface area contributed by atoms with E-state index < -0.39 is 0 Å². The maximum atomic E-state index is 14.1. The summed E-state index contributed by atoms with van der Waals surface area (Å²) < 4.78 is 4.24. The van der Waals surface area contributed by atoms with Gasteiger partial charge in [0.2, 0.25) is 0 Å². The number of hydrogen-bond donors (Lipinski definition) is 0. The normalized spacial score (nSPS) is 11.7. The summed E-state index contributed by atoms with van der Waals surface area (Å²) in [5.74, 6) is 0. The Balaban J connectivity index is 1.74. The summed E-state index contributed by atoms with van der Waals surface area (Å²) in [5, 5.41) is 2.46. The highest BCUT2D eigenvalue weighted by molar-refractivity contribution is 6.05. The molecule has 4 heteroatoms. The van der Waals surface area contributed by atoms with Crippen LogP contribution < -0.4 is 10.9 Å². The fourth-order valence-corrected chi connectivity index (χ4v) is 5.84. The van der Waals surface area contributed by atoms with E-state index in [2.05, 4.69) is 71.5 Å². The SMILES string of the molecule is Cc1ccc(-n2c3cc(C)ccc3c(=O)c3cc4c(cc32)c(=O)c2ccc(C)cc2n4-c2ccc(C)cc2)cc1. The van der Waals surface area contributed by atoms with Gasteiger partial charge < -0.3 is 9.13 Å². The lowest BCUT2D eigenvalue weighted by Gasteiger charge is -2.20. The van der Waals surface area contributed by atoms with Gasteiger partial charge in [-0.2, -0.15) is 0 Å². The van der Waals surface area contributed by atoms with Gasteiger partial charge in [-0.05, 0) is 99.5 Å². The molecule has 2 heterocycles. The van der Waals surface area contributed by atoms with E-state index in [1.165, 1.54) is 0 Å². The minimum Gasteiger partial charge on any atom is -0.309 e. The van der Waals surface area contributed by atoms with Crippen LogP contribution in [0.25, 0.3) is 55.0 Å². The van der Waals surface area contributed by atoms with Crippen LogP contribution in [0.2, 0.25) is 0 Å². The molecule has 0 aliphatic heterocycles. The van der Waals surface area contributed by atoms with Crippen LogP contribution in [0.1, 0.15) is 22.3 Å². The molecular formula is C36H28N2O2. The molecule has 0 aliphatic carbocycles. The standard InChI is InChI=1S/C36H28N2O2/c1-21-5-11-25(12-6-21)37-31-17-23(3)9-15-27(31)35(39)29-20-34-30(19-33(29)37)36(40)28-16-10-24(4)18-32(28)38(34)26-13-7-22(2)8-14-26/h5-20H,1-4H3. The molecule has 7 aromatic rings. The Labute approximate surface area is 231 Å². The summed E-state index contributed by atoms with van der Waals surface area (Å²) in [6.45, 7) is 8.18. The smallest absolute Gasteiger partial charge is 0.197 e. The Hall–Kier alpha value is -4.96. The minimum atomic E-state index is -0.0393. The molecule has 0 amide bonds. The van der Waals surface area contributed by atoms with Crippen molar-refractivity contribution in [3.05, 3.63) is 140 Å². The lowest BCUT2D eigenvalue weighted by atomic mass is 10.0. The van der Waals surface area contributed by atoms with Crippen LogP contribution in [-0.4, -0.2) is 9.13 Å². The van der Waals surface area contributed by atoms with Crippen LogP contribution in [0.4, 0.5) is 0 Å². The molecule has 5 aromatic carbocycles. The first-order chi connectivity index (χ1) is 19.3. The highest BCUT2D eigenvalue weighted by Crippen LogP contribution is 2.31. The molecule has 7 rings (SSSR count). The highest BCUT2D eigenvalue weighted by Gasteiger charge is 2.18. The Morgan fingerprint density at radius 1 is 0.375 bits per heavy atom. The fraction of sp³-hybridized carbons (Fsp3) is 0.111. The molecule has 40 heavy (non-hydrogen) atoms. The Morgan fingerprint density at radius 2 is 0.700 bits per heavy atom. The van der Waals surface area contributed by atoms with Crippen molar-refractivity contribution in [2.75, 3.05) is 0 Å². The van der Waals surface area contributed by atoms with Gasteiger partial charge in [0.1, 0.15) is 0 Å². The van der Waals surface area contributed by atoms with Gasteiger partial charge in [-0.25, -0.2) is 0 Å². The van der Waals surface area contributed by atoms with Crippen molar-refractivity contribution in [1.82, 2.24) is 9.13 Å². The average Bonchev–Trinajstić information content (AvgIpc) is 2.94. The molecule has 0 atom stereocenters. The third-order valence-electron chi connectivity index (χ3n) is 7.95. The van der Waals surface area contributed by atoms with E-state index in [0.717, 1.165) is 55.7 Å². The van der Waals surface area contributed by atoms with Gasteiger partial charge in [0.25, 0.3) is 0 Å². The van der Waals surface area contributed by atoms with E-state index in [1.54, 1.807) is 0 Å². The van der Waals surface area contributed by atoms with Gasteiger partial charge in [0.05, 0.1) is 22.1 Å². The second-order valence-electron chi connectivity index (χ2n) is 10.9.